The van der Waals surface area contributed by atoms with E-state index in [1.807, 2.05) is 0 Å². The van der Waals surface area contributed by atoms with Crippen molar-refractivity contribution in [3.63, 3.8) is 0 Å². The number of hydrogen-bond acceptors (Lipinski definition) is 4. The molecular formula is C4H10ClNO4S2. The van der Waals surface area contributed by atoms with Crippen molar-refractivity contribution in [2.75, 3.05) is 18.1 Å². The number of rotatable bonds is 5. The van der Waals surface area contributed by atoms with Gasteiger partial charge in [0.15, 0.2) is 0 Å². The van der Waals surface area contributed by atoms with Crippen molar-refractivity contribution in [3.05, 3.63) is 0 Å². The lowest BCUT2D eigenvalue weighted by atomic mass is 10.8. The predicted octanol–water partition coefficient (Wildman–Crippen LogP) is -0.506. The monoisotopic (exact) mass is 235 g/mol. The number of sulfonamides is 1. The van der Waals surface area contributed by atoms with Gasteiger partial charge in [0.2, 0.25) is 19.1 Å². The van der Waals surface area contributed by atoms with E-state index in [1.54, 1.807) is 0 Å². The molecule has 0 aliphatic rings. The minimum atomic E-state index is -3.61. The summed E-state index contributed by atoms with van der Waals surface area (Å²) in [6, 6.07) is 0. The molecular weight excluding hydrogens is 226 g/mol. The minimum Gasteiger partial charge on any atom is -0.214 e. The van der Waals surface area contributed by atoms with Crippen molar-refractivity contribution in [2.45, 2.75) is 6.92 Å². The van der Waals surface area contributed by atoms with E-state index in [4.69, 9.17) is 10.7 Å². The molecule has 0 aliphatic carbocycles. The molecule has 0 radical (unpaired) electrons. The molecule has 12 heavy (non-hydrogen) atoms. The summed E-state index contributed by atoms with van der Waals surface area (Å²) in [5, 5.41) is 0. The Morgan fingerprint density at radius 2 is 1.75 bits per heavy atom. The maximum Gasteiger partial charge on any atom is 0.233 e. The first-order chi connectivity index (χ1) is 5.27. The number of hydrogen-bond donors (Lipinski definition) is 1. The van der Waals surface area contributed by atoms with Gasteiger partial charge in [0.25, 0.3) is 0 Å². The first-order valence-electron chi connectivity index (χ1n) is 3.16. The highest BCUT2D eigenvalue weighted by Crippen LogP contribution is 1.94. The Balaban J connectivity index is 3.89. The van der Waals surface area contributed by atoms with Gasteiger partial charge in [0, 0.05) is 17.2 Å². The van der Waals surface area contributed by atoms with Crippen LogP contribution in [-0.2, 0) is 19.1 Å². The highest BCUT2D eigenvalue weighted by Gasteiger charge is 2.09. The molecule has 5 nitrogen and oxygen atoms in total. The van der Waals surface area contributed by atoms with E-state index in [9.17, 15) is 16.8 Å². The van der Waals surface area contributed by atoms with E-state index >= 15 is 0 Å². The van der Waals surface area contributed by atoms with E-state index in [-0.39, 0.29) is 12.3 Å². The SMILES string of the molecule is CCS(=O)(=O)NCCS(=O)(=O)Cl. The fourth-order valence-corrected chi connectivity index (χ4v) is 1.74. The molecule has 0 aromatic carbocycles. The van der Waals surface area contributed by atoms with Crippen molar-refractivity contribution >= 4 is 29.8 Å². The van der Waals surface area contributed by atoms with Crippen molar-refractivity contribution in [2.24, 2.45) is 0 Å². The zero-order valence-electron chi connectivity index (χ0n) is 6.45. The van der Waals surface area contributed by atoms with E-state index in [0.29, 0.717) is 0 Å². The molecule has 0 aliphatic heterocycles. The predicted molar refractivity (Wildman–Crippen MR) is 47.1 cm³/mol. The summed E-state index contributed by atoms with van der Waals surface area (Å²) >= 11 is 0. The lowest BCUT2D eigenvalue weighted by molar-refractivity contribution is 0.584. The summed E-state index contributed by atoms with van der Waals surface area (Å²) in [4.78, 5) is 0. The number of nitrogens with one attached hydrogen (secondary N) is 1. The molecule has 8 heteroatoms. The molecule has 0 heterocycles. The molecule has 1 N–H and O–H groups in total. The van der Waals surface area contributed by atoms with Gasteiger partial charge < -0.3 is 0 Å². The first kappa shape index (κ1) is 12.2. The second-order valence-electron chi connectivity index (χ2n) is 2.04. The molecule has 0 amide bonds. The van der Waals surface area contributed by atoms with Crippen LogP contribution in [0.25, 0.3) is 0 Å². The third-order valence-electron chi connectivity index (χ3n) is 1.05. The van der Waals surface area contributed by atoms with E-state index < -0.39 is 24.8 Å². The standard InChI is InChI=1S/C4H10ClNO4S2/c1-2-12(9,10)6-3-4-11(5,7)8/h6H,2-4H2,1H3. The zero-order valence-corrected chi connectivity index (χ0v) is 8.84. The summed E-state index contributed by atoms with van der Waals surface area (Å²) in [6.45, 7) is 1.28. The Morgan fingerprint density at radius 3 is 2.08 bits per heavy atom. The topological polar surface area (TPSA) is 80.3 Å². The van der Waals surface area contributed by atoms with Gasteiger partial charge in [-0.1, -0.05) is 0 Å². The maximum atomic E-state index is 10.7. The van der Waals surface area contributed by atoms with Crippen molar-refractivity contribution in [1.29, 1.82) is 0 Å². The van der Waals surface area contributed by atoms with Crippen LogP contribution >= 0.6 is 10.7 Å². The van der Waals surface area contributed by atoms with Gasteiger partial charge in [-0.05, 0) is 6.92 Å². The van der Waals surface area contributed by atoms with Crippen LogP contribution in [0.3, 0.4) is 0 Å². The molecule has 0 aromatic rings. The molecule has 0 fully saturated rings. The van der Waals surface area contributed by atoms with Crippen LogP contribution in [0.5, 0.6) is 0 Å². The van der Waals surface area contributed by atoms with Gasteiger partial charge in [-0.15, -0.1) is 0 Å². The molecule has 0 rings (SSSR count). The quantitative estimate of drug-likeness (QED) is 0.652. The molecule has 0 aromatic heterocycles. The van der Waals surface area contributed by atoms with Crippen molar-refractivity contribution < 1.29 is 16.8 Å². The van der Waals surface area contributed by atoms with Gasteiger partial charge in [0.05, 0.1) is 11.5 Å². The van der Waals surface area contributed by atoms with Crippen LogP contribution in [-0.4, -0.2) is 34.9 Å². The maximum absolute atomic E-state index is 10.7. The fraction of sp³-hybridized carbons (Fsp3) is 1.00. The van der Waals surface area contributed by atoms with Crippen LogP contribution in [0.2, 0.25) is 0 Å². The molecule has 0 unspecified atom stereocenters. The summed E-state index contributed by atoms with van der Waals surface area (Å²) in [7, 11) is -2.08. The highest BCUT2D eigenvalue weighted by molar-refractivity contribution is 8.13. The Labute approximate surface area is 76.6 Å². The van der Waals surface area contributed by atoms with Crippen molar-refractivity contribution in [3.8, 4) is 0 Å². The Morgan fingerprint density at radius 1 is 1.25 bits per heavy atom. The smallest absolute Gasteiger partial charge is 0.214 e. The largest absolute Gasteiger partial charge is 0.233 e. The van der Waals surface area contributed by atoms with Gasteiger partial charge in [-0.25, -0.2) is 21.6 Å². The van der Waals surface area contributed by atoms with E-state index in [2.05, 4.69) is 4.72 Å². The van der Waals surface area contributed by atoms with Crippen molar-refractivity contribution in [1.82, 2.24) is 4.72 Å². The van der Waals surface area contributed by atoms with Crippen LogP contribution in [0.15, 0.2) is 0 Å². The van der Waals surface area contributed by atoms with Crippen LogP contribution in [0.1, 0.15) is 6.92 Å². The van der Waals surface area contributed by atoms with Gasteiger partial charge in [-0.3, -0.25) is 0 Å². The molecule has 0 saturated carbocycles. The van der Waals surface area contributed by atoms with Gasteiger partial charge in [-0.2, -0.15) is 0 Å². The zero-order chi connectivity index (χ0) is 9.83. The molecule has 74 valence electrons. The van der Waals surface area contributed by atoms with E-state index in [0.717, 1.165) is 0 Å². The third-order valence-corrected chi connectivity index (χ3v) is 3.61. The van der Waals surface area contributed by atoms with Crippen LogP contribution in [0.4, 0.5) is 0 Å². The molecule has 0 bridgehead atoms. The Kier molecular flexibility index (Phi) is 4.46. The summed E-state index contributed by atoms with van der Waals surface area (Å²) in [5.41, 5.74) is 0. The second kappa shape index (κ2) is 4.40. The van der Waals surface area contributed by atoms with Crippen LogP contribution in [0, 0.1) is 0 Å². The third kappa shape index (κ3) is 6.84. The van der Waals surface area contributed by atoms with Gasteiger partial charge >= 0.3 is 0 Å². The van der Waals surface area contributed by atoms with E-state index in [1.165, 1.54) is 6.92 Å². The molecule has 0 atom stereocenters. The normalized spacial score (nSPS) is 13.2. The fourth-order valence-electron chi connectivity index (χ4n) is 0.421. The number of halogens is 1. The highest BCUT2D eigenvalue weighted by atomic mass is 35.7. The lowest BCUT2D eigenvalue weighted by Crippen LogP contribution is -2.29. The minimum absolute atomic E-state index is 0.0741. The average molecular weight is 236 g/mol. The second-order valence-corrected chi connectivity index (χ2v) is 7.03. The lowest BCUT2D eigenvalue weighted by Gasteiger charge is -2.01. The summed E-state index contributed by atoms with van der Waals surface area (Å²) in [5.74, 6) is -0.469. The first-order valence-corrected chi connectivity index (χ1v) is 7.29. The Hall–Kier alpha value is 0.150. The van der Waals surface area contributed by atoms with Gasteiger partial charge in [0.1, 0.15) is 0 Å². The van der Waals surface area contributed by atoms with Crippen LogP contribution < -0.4 is 4.72 Å². The summed E-state index contributed by atoms with van der Waals surface area (Å²) in [6.07, 6.45) is 0. The Bertz CT molecular complexity index is 319. The molecule has 0 spiro atoms. The summed E-state index contributed by atoms with van der Waals surface area (Å²) < 4.78 is 44.2. The molecule has 0 saturated heterocycles. The average Bonchev–Trinajstić information content (AvgIpc) is 1.84.